The van der Waals surface area contributed by atoms with E-state index in [1.807, 2.05) is 37.3 Å². The number of aliphatic hydroxyl groups is 1. The van der Waals surface area contributed by atoms with Crippen LogP contribution in [0.1, 0.15) is 30.1 Å². The number of hydrogen-bond acceptors (Lipinski definition) is 4. The van der Waals surface area contributed by atoms with Gasteiger partial charge in [0.2, 0.25) is 0 Å². The highest BCUT2D eigenvalue weighted by Gasteiger charge is 2.34. The highest BCUT2D eigenvalue weighted by Crippen LogP contribution is 2.35. The van der Waals surface area contributed by atoms with Crippen LogP contribution < -0.4 is 4.74 Å². The van der Waals surface area contributed by atoms with Crippen LogP contribution in [-0.2, 0) is 9.53 Å². The lowest BCUT2D eigenvalue weighted by atomic mass is 9.81. The Morgan fingerprint density at radius 2 is 1.57 bits per heavy atom. The first-order valence-corrected chi connectivity index (χ1v) is 7.53. The number of esters is 1. The number of carbonyl (C=O) groups excluding carboxylic acids is 1. The van der Waals surface area contributed by atoms with Crippen LogP contribution in [0, 0.1) is 5.92 Å². The van der Waals surface area contributed by atoms with Gasteiger partial charge in [0.15, 0.2) is 0 Å². The van der Waals surface area contributed by atoms with Gasteiger partial charge in [0, 0.05) is 0 Å². The lowest BCUT2D eigenvalue weighted by Gasteiger charge is -2.27. The Balaban J connectivity index is 2.31. The van der Waals surface area contributed by atoms with Gasteiger partial charge in [0.05, 0.1) is 26.2 Å². The summed E-state index contributed by atoms with van der Waals surface area (Å²) in [5.41, 5.74) is 1.64. The van der Waals surface area contributed by atoms with Gasteiger partial charge in [-0.25, -0.2) is 0 Å². The van der Waals surface area contributed by atoms with Gasteiger partial charge in [-0.05, 0) is 29.2 Å². The van der Waals surface area contributed by atoms with Crippen LogP contribution in [0.3, 0.4) is 0 Å². The molecule has 0 fully saturated rings. The van der Waals surface area contributed by atoms with Crippen LogP contribution in [0.4, 0.5) is 0 Å². The smallest absolute Gasteiger partial charge is 0.312 e. The summed E-state index contributed by atoms with van der Waals surface area (Å²) in [4.78, 5) is 12.3. The van der Waals surface area contributed by atoms with E-state index in [1.54, 1.807) is 31.4 Å². The van der Waals surface area contributed by atoms with Crippen molar-refractivity contribution in [2.75, 3.05) is 14.2 Å². The van der Waals surface area contributed by atoms with Crippen LogP contribution in [0.5, 0.6) is 5.75 Å². The first-order valence-electron chi connectivity index (χ1n) is 7.53. The third-order valence-corrected chi connectivity index (χ3v) is 4.13. The molecular formula is C19H22O4. The van der Waals surface area contributed by atoms with Gasteiger partial charge in [0.25, 0.3) is 0 Å². The first-order chi connectivity index (χ1) is 11.1. The van der Waals surface area contributed by atoms with Gasteiger partial charge in [-0.1, -0.05) is 49.4 Å². The van der Waals surface area contributed by atoms with Crippen molar-refractivity contribution in [3.05, 3.63) is 65.7 Å². The van der Waals surface area contributed by atoms with Crippen molar-refractivity contribution in [1.29, 1.82) is 0 Å². The van der Waals surface area contributed by atoms with E-state index in [0.717, 1.165) is 5.56 Å². The van der Waals surface area contributed by atoms with Gasteiger partial charge in [-0.2, -0.15) is 0 Å². The van der Waals surface area contributed by atoms with Gasteiger partial charge in [-0.15, -0.1) is 0 Å². The molecule has 0 heterocycles. The summed E-state index contributed by atoms with van der Waals surface area (Å²) in [5.74, 6) is -0.590. The molecule has 0 unspecified atom stereocenters. The first kappa shape index (κ1) is 17.0. The lowest BCUT2D eigenvalue weighted by molar-refractivity contribution is -0.150. The van der Waals surface area contributed by atoms with Gasteiger partial charge in [-0.3, -0.25) is 4.79 Å². The van der Waals surface area contributed by atoms with Crippen molar-refractivity contribution >= 4 is 5.97 Å². The van der Waals surface area contributed by atoms with Gasteiger partial charge >= 0.3 is 5.97 Å². The summed E-state index contributed by atoms with van der Waals surface area (Å²) in [7, 11) is 2.92. The zero-order valence-electron chi connectivity index (χ0n) is 13.6. The molecule has 0 saturated carbocycles. The van der Waals surface area contributed by atoms with E-state index in [-0.39, 0.29) is 5.92 Å². The number of aliphatic hydroxyl groups excluding tert-OH is 1. The summed E-state index contributed by atoms with van der Waals surface area (Å²) in [6, 6.07) is 16.7. The molecule has 2 rings (SSSR count). The highest BCUT2D eigenvalue weighted by atomic mass is 16.5. The number of carbonyl (C=O) groups is 1. The number of rotatable bonds is 6. The van der Waals surface area contributed by atoms with E-state index < -0.39 is 18.0 Å². The Hall–Kier alpha value is -2.33. The minimum atomic E-state index is -0.955. The SMILES string of the molecule is COC(=O)[C@@H]([C@H](C)c1ccccc1)[C@@H](O)c1ccc(OC)cc1. The fourth-order valence-corrected chi connectivity index (χ4v) is 2.71. The minimum absolute atomic E-state index is 0.180. The van der Waals surface area contributed by atoms with Crippen molar-refractivity contribution in [2.45, 2.75) is 18.9 Å². The van der Waals surface area contributed by atoms with E-state index in [1.165, 1.54) is 7.11 Å². The molecule has 3 atom stereocenters. The zero-order valence-corrected chi connectivity index (χ0v) is 13.6. The molecule has 0 aromatic heterocycles. The number of hydrogen-bond donors (Lipinski definition) is 1. The Bertz CT molecular complexity index is 622. The third-order valence-electron chi connectivity index (χ3n) is 4.13. The van der Waals surface area contributed by atoms with Crippen LogP contribution in [0.25, 0.3) is 0 Å². The quantitative estimate of drug-likeness (QED) is 0.831. The second-order valence-corrected chi connectivity index (χ2v) is 5.47. The Kier molecular flexibility index (Phi) is 5.77. The maximum absolute atomic E-state index is 12.3. The van der Waals surface area contributed by atoms with E-state index >= 15 is 0 Å². The summed E-state index contributed by atoms with van der Waals surface area (Å²) in [6.45, 7) is 1.92. The normalized spacial score (nSPS) is 14.6. The average Bonchev–Trinajstić information content (AvgIpc) is 2.62. The molecule has 0 aliphatic heterocycles. The Morgan fingerprint density at radius 3 is 2.09 bits per heavy atom. The van der Waals surface area contributed by atoms with Crippen molar-refractivity contribution in [3.8, 4) is 5.75 Å². The molecule has 1 N–H and O–H groups in total. The third kappa shape index (κ3) is 3.90. The van der Waals surface area contributed by atoms with Gasteiger partial charge < -0.3 is 14.6 Å². The molecule has 0 aliphatic carbocycles. The molecule has 0 radical (unpaired) electrons. The maximum atomic E-state index is 12.3. The number of benzene rings is 2. The van der Waals surface area contributed by atoms with Gasteiger partial charge in [0.1, 0.15) is 5.75 Å². The number of ether oxygens (including phenoxy) is 2. The van der Waals surface area contributed by atoms with Crippen molar-refractivity contribution in [1.82, 2.24) is 0 Å². The molecule has 0 saturated heterocycles. The highest BCUT2D eigenvalue weighted by molar-refractivity contribution is 5.74. The topological polar surface area (TPSA) is 55.8 Å². The Labute approximate surface area is 136 Å². The monoisotopic (exact) mass is 314 g/mol. The number of methoxy groups -OCH3 is 2. The fourth-order valence-electron chi connectivity index (χ4n) is 2.71. The van der Waals surface area contributed by atoms with E-state index in [0.29, 0.717) is 11.3 Å². The van der Waals surface area contributed by atoms with Crippen LogP contribution in [0.15, 0.2) is 54.6 Å². The maximum Gasteiger partial charge on any atom is 0.312 e. The molecule has 2 aromatic rings. The van der Waals surface area contributed by atoms with E-state index in [2.05, 4.69) is 0 Å². The van der Waals surface area contributed by atoms with Crippen molar-refractivity contribution in [2.24, 2.45) is 5.92 Å². The molecular weight excluding hydrogens is 292 g/mol. The molecule has 4 heteroatoms. The van der Waals surface area contributed by atoms with Crippen LogP contribution in [0.2, 0.25) is 0 Å². The molecule has 0 bridgehead atoms. The molecule has 2 aromatic carbocycles. The summed E-state index contributed by atoms with van der Waals surface area (Å²) < 4.78 is 10.0. The predicted octanol–water partition coefficient (Wildman–Crippen LogP) is 3.32. The van der Waals surface area contributed by atoms with Crippen molar-refractivity contribution < 1.29 is 19.4 Å². The lowest BCUT2D eigenvalue weighted by Crippen LogP contribution is -2.28. The molecule has 4 nitrogen and oxygen atoms in total. The second kappa shape index (κ2) is 7.79. The van der Waals surface area contributed by atoms with Crippen LogP contribution >= 0.6 is 0 Å². The predicted molar refractivity (Wildman–Crippen MR) is 88.3 cm³/mol. The largest absolute Gasteiger partial charge is 0.497 e. The molecule has 0 aliphatic rings. The molecule has 122 valence electrons. The van der Waals surface area contributed by atoms with Crippen LogP contribution in [-0.4, -0.2) is 25.3 Å². The fraction of sp³-hybridized carbons (Fsp3) is 0.316. The summed E-state index contributed by atoms with van der Waals surface area (Å²) >= 11 is 0. The zero-order chi connectivity index (χ0) is 16.8. The molecule has 0 spiro atoms. The average molecular weight is 314 g/mol. The molecule has 23 heavy (non-hydrogen) atoms. The summed E-state index contributed by atoms with van der Waals surface area (Å²) in [5, 5.41) is 10.7. The second-order valence-electron chi connectivity index (χ2n) is 5.47. The standard InChI is InChI=1S/C19H22O4/c1-13(14-7-5-4-6-8-14)17(19(21)23-3)18(20)15-9-11-16(22-2)12-10-15/h4-13,17-18,20H,1-3H3/t13-,17+,18+/m1/s1. The summed E-state index contributed by atoms with van der Waals surface area (Å²) in [6.07, 6.45) is -0.955. The van der Waals surface area contributed by atoms with E-state index in [4.69, 9.17) is 9.47 Å². The van der Waals surface area contributed by atoms with E-state index in [9.17, 15) is 9.90 Å². The Morgan fingerprint density at radius 1 is 0.957 bits per heavy atom. The minimum Gasteiger partial charge on any atom is -0.497 e. The van der Waals surface area contributed by atoms with Crippen molar-refractivity contribution in [3.63, 3.8) is 0 Å². The molecule has 0 amide bonds.